The van der Waals surface area contributed by atoms with Gasteiger partial charge in [-0.1, -0.05) is 47.1 Å². The van der Waals surface area contributed by atoms with Crippen LogP contribution < -0.4 is 0 Å². The number of aliphatic hydroxyl groups is 4. The number of carboxylic acid groups (broad SMARTS) is 3. The molecule has 0 spiro atoms. The summed E-state index contributed by atoms with van der Waals surface area (Å²) < 4.78 is 23.7. The molecule has 15 nitrogen and oxygen atoms in total. The first-order valence-electron chi connectivity index (χ1n) is 20.6. The van der Waals surface area contributed by atoms with Gasteiger partial charge in [0.05, 0.1) is 17.6 Å². The zero-order valence-electron chi connectivity index (χ0n) is 34.1. The first-order valence-corrected chi connectivity index (χ1v) is 20.6. The number of aliphatic carboxylic acids is 3. The van der Waals surface area contributed by atoms with Crippen molar-refractivity contribution in [3.63, 3.8) is 0 Å². The zero-order valence-corrected chi connectivity index (χ0v) is 34.1. The number of carbonyl (C=O) groups is 4. The molecule has 0 aromatic carbocycles. The quantitative estimate of drug-likeness (QED) is 0.183. The number of carboxylic acids is 3. The maximum Gasteiger partial charge on any atom is 0.335 e. The number of rotatable bonds is 7. The van der Waals surface area contributed by atoms with Gasteiger partial charge < -0.3 is 54.7 Å². The van der Waals surface area contributed by atoms with Crippen LogP contribution in [0.25, 0.3) is 0 Å². The van der Waals surface area contributed by atoms with Crippen LogP contribution in [0.5, 0.6) is 0 Å². The smallest absolute Gasteiger partial charge is 0.335 e. The highest BCUT2D eigenvalue weighted by molar-refractivity contribution is 5.95. The van der Waals surface area contributed by atoms with Gasteiger partial charge in [0.25, 0.3) is 0 Å². The lowest BCUT2D eigenvalue weighted by molar-refractivity contribution is -0.358. The van der Waals surface area contributed by atoms with Crippen LogP contribution in [-0.4, -0.2) is 121 Å². The average molecular weight is 807 g/mol. The predicted molar refractivity (Wildman–Crippen MR) is 198 cm³/mol. The summed E-state index contributed by atoms with van der Waals surface area (Å²) in [6.07, 6.45) is -8.31. The second-order valence-corrected chi connectivity index (χ2v) is 20.5. The molecule has 2 heterocycles. The molecule has 7 rings (SSSR count). The summed E-state index contributed by atoms with van der Waals surface area (Å²) in [6, 6.07) is 0. The highest BCUT2D eigenvalue weighted by Crippen LogP contribution is 2.75. The molecule has 2 saturated heterocycles. The van der Waals surface area contributed by atoms with E-state index in [-0.39, 0.29) is 34.4 Å². The topological polar surface area (TPSA) is 247 Å². The summed E-state index contributed by atoms with van der Waals surface area (Å²) in [7, 11) is 0. The fourth-order valence-corrected chi connectivity index (χ4v) is 13.4. The molecule has 4 saturated carbocycles. The minimum absolute atomic E-state index is 0.00422. The zero-order chi connectivity index (χ0) is 42.0. The number of allylic oxidation sites excluding steroid dienone is 2. The third kappa shape index (κ3) is 6.35. The molecule has 0 radical (unpaired) electrons. The normalized spacial score (nSPS) is 51.9. The first-order chi connectivity index (χ1) is 26.3. The lowest BCUT2D eigenvalue weighted by Gasteiger charge is -2.70. The highest BCUT2D eigenvalue weighted by atomic mass is 16.8. The van der Waals surface area contributed by atoms with Crippen LogP contribution in [0.15, 0.2) is 11.6 Å². The Balaban J connectivity index is 1.17. The second kappa shape index (κ2) is 14.0. The molecule has 4 unspecified atom stereocenters. The van der Waals surface area contributed by atoms with E-state index in [1.165, 1.54) is 0 Å². The summed E-state index contributed by atoms with van der Waals surface area (Å²) in [5.74, 6) is -4.18. The van der Waals surface area contributed by atoms with E-state index in [1.807, 2.05) is 13.0 Å². The molecular weight excluding hydrogens is 744 g/mol. The molecule has 7 N–H and O–H groups in total. The van der Waals surface area contributed by atoms with Crippen molar-refractivity contribution < 1.29 is 73.9 Å². The van der Waals surface area contributed by atoms with Crippen molar-refractivity contribution in [3.05, 3.63) is 11.6 Å². The lowest BCUT2D eigenvalue weighted by atomic mass is 9.33. The van der Waals surface area contributed by atoms with E-state index in [2.05, 4.69) is 41.5 Å². The lowest BCUT2D eigenvalue weighted by Crippen LogP contribution is -2.67. The largest absolute Gasteiger partial charge is 0.481 e. The van der Waals surface area contributed by atoms with E-state index in [1.54, 1.807) is 0 Å². The van der Waals surface area contributed by atoms with E-state index in [4.69, 9.17) is 18.9 Å². The molecule has 2 aliphatic heterocycles. The summed E-state index contributed by atoms with van der Waals surface area (Å²) in [6.45, 7) is 15.0. The van der Waals surface area contributed by atoms with E-state index in [9.17, 15) is 54.9 Å². The molecule has 0 aromatic heterocycles. The molecule has 7 aliphatic rings. The van der Waals surface area contributed by atoms with Gasteiger partial charge in [-0.25, -0.2) is 9.59 Å². The van der Waals surface area contributed by atoms with Gasteiger partial charge in [-0.3, -0.25) is 9.59 Å². The van der Waals surface area contributed by atoms with Crippen molar-refractivity contribution in [2.75, 3.05) is 0 Å². The minimum Gasteiger partial charge on any atom is -0.481 e. The summed E-state index contributed by atoms with van der Waals surface area (Å²) >= 11 is 0. The fourth-order valence-electron chi connectivity index (χ4n) is 13.4. The SMILES string of the molecule is CC1(C)[C@@H](O[C@@H]2OC(C(=O)O)C(O)[C@@H](O)C2O[C@H]2C[C@H](O)[C@H](O)C(C(=O)O)O2)CC[C@]2(C)[C@H]3C(=O)C=C4[C@@H]5C[C@@](C)(C(=O)O)CC[C@]5(C)CC[C@@]4(C)[C@]3(C)CC[C@@H]12. The maximum atomic E-state index is 14.8. The van der Waals surface area contributed by atoms with Crippen LogP contribution in [0.4, 0.5) is 0 Å². The van der Waals surface area contributed by atoms with Crippen molar-refractivity contribution in [2.24, 2.45) is 50.2 Å². The molecule has 57 heavy (non-hydrogen) atoms. The fraction of sp³-hybridized carbons (Fsp3) is 0.857. The van der Waals surface area contributed by atoms with Gasteiger partial charge in [0.15, 0.2) is 30.6 Å². The van der Waals surface area contributed by atoms with Crippen LogP contribution in [0, 0.1) is 50.2 Å². The van der Waals surface area contributed by atoms with Gasteiger partial charge in [0.2, 0.25) is 0 Å². The third-order valence-corrected chi connectivity index (χ3v) is 17.1. The Morgan fingerprint density at radius 3 is 2.02 bits per heavy atom. The van der Waals surface area contributed by atoms with Crippen LogP contribution in [0.2, 0.25) is 0 Å². The van der Waals surface area contributed by atoms with Crippen LogP contribution in [0.1, 0.15) is 113 Å². The van der Waals surface area contributed by atoms with E-state index in [0.717, 1.165) is 37.7 Å². The van der Waals surface area contributed by atoms with Crippen molar-refractivity contribution in [1.29, 1.82) is 0 Å². The molecule has 5 aliphatic carbocycles. The van der Waals surface area contributed by atoms with Crippen LogP contribution >= 0.6 is 0 Å². The van der Waals surface area contributed by atoms with Crippen molar-refractivity contribution in [3.8, 4) is 0 Å². The van der Waals surface area contributed by atoms with Gasteiger partial charge in [-0.2, -0.15) is 0 Å². The molecule has 0 bridgehead atoms. The Bertz CT molecular complexity index is 1700. The highest BCUT2D eigenvalue weighted by Gasteiger charge is 2.71. The Kier molecular flexibility index (Phi) is 10.5. The molecule has 320 valence electrons. The van der Waals surface area contributed by atoms with Crippen LogP contribution in [0.3, 0.4) is 0 Å². The molecule has 18 atom stereocenters. The number of aliphatic hydroxyl groups excluding tert-OH is 4. The Labute approximate surface area is 333 Å². The van der Waals surface area contributed by atoms with E-state index in [0.29, 0.717) is 25.7 Å². The van der Waals surface area contributed by atoms with Gasteiger partial charge in [0, 0.05) is 12.3 Å². The van der Waals surface area contributed by atoms with Crippen molar-refractivity contribution in [1.82, 2.24) is 0 Å². The molecule has 15 heteroatoms. The number of hydrogen-bond donors (Lipinski definition) is 7. The van der Waals surface area contributed by atoms with E-state index < -0.39 is 107 Å². The number of ether oxygens (including phenoxy) is 4. The number of ketones is 1. The molecule has 6 fully saturated rings. The Hall–Kier alpha value is -2.50. The van der Waals surface area contributed by atoms with E-state index >= 15 is 0 Å². The average Bonchev–Trinajstić information content (AvgIpc) is 3.11. The predicted octanol–water partition coefficient (Wildman–Crippen LogP) is 3.27. The first kappa shape index (κ1) is 42.6. The molecule has 0 aromatic rings. The minimum atomic E-state index is -1.96. The summed E-state index contributed by atoms with van der Waals surface area (Å²) in [5.41, 5.74) is -1.62. The molecular formula is C42H62O15. The van der Waals surface area contributed by atoms with Gasteiger partial charge in [-0.15, -0.1) is 0 Å². The summed E-state index contributed by atoms with van der Waals surface area (Å²) in [5, 5.41) is 72.3. The Morgan fingerprint density at radius 2 is 1.39 bits per heavy atom. The third-order valence-electron chi connectivity index (χ3n) is 17.1. The number of hydrogen-bond acceptors (Lipinski definition) is 12. The monoisotopic (exact) mass is 806 g/mol. The number of fused-ring (bicyclic) bond motifs is 7. The second-order valence-electron chi connectivity index (χ2n) is 20.5. The Morgan fingerprint density at radius 1 is 0.754 bits per heavy atom. The molecule has 0 amide bonds. The maximum absolute atomic E-state index is 14.8. The standard InChI is InChI=1S/C42H62O15/c1-37(2)23-8-11-42(7)32(22(44)16-19-20-18-39(4,36(52)53)13-12-38(20,3)14-15-41(19,42)6)40(23,5)10-9-24(37)54-35-31(28(47)27(46)30(57-35)34(50)51)56-25-17-21(43)26(45)29(55-25)33(48)49/h16,20-21,23-32,35,43,45-47H,8-15,17-18H2,1-7H3,(H,48,49)(H,50,51)(H,52,53)/t20-,21-,23-,24-,25-,26-,27?,28+,29?,30?,31?,32+,35+,38+,39-,40-,41+,42+/m0/s1. The van der Waals surface area contributed by atoms with Crippen molar-refractivity contribution >= 4 is 23.7 Å². The van der Waals surface area contributed by atoms with Crippen LogP contribution in [-0.2, 0) is 38.1 Å². The van der Waals surface area contributed by atoms with Crippen molar-refractivity contribution in [2.45, 2.75) is 174 Å². The summed E-state index contributed by atoms with van der Waals surface area (Å²) in [4.78, 5) is 51.3. The van der Waals surface area contributed by atoms with Gasteiger partial charge in [-0.05, 0) is 110 Å². The number of carbonyl (C=O) groups excluding carboxylic acids is 1. The van der Waals surface area contributed by atoms with Gasteiger partial charge in [0.1, 0.15) is 24.4 Å². The van der Waals surface area contributed by atoms with Gasteiger partial charge >= 0.3 is 17.9 Å².